The molecule has 3 aromatic rings. The first-order valence-electron chi connectivity index (χ1n) is 8.86. The fraction of sp³-hybridized carbons (Fsp3) is 0.286. The van der Waals surface area contributed by atoms with Gasteiger partial charge in [0.05, 0.1) is 23.1 Å². The minimum absolute atomic E-state index is 0.0106. The molecule has 0 saturated heterocycles. The Bertz CT molecular complexity index is 1030. The minimum Gasteiger partial charge on any atom is -0.492 e. The Morgan fingerprint density at radius 3 is 2.59 bits per heavy atom. The van der Waals surface area contributed by atoms with Gasteiger partial charge in [0.1, 0.15) is 5.75 Å². The lowest BCUT2D eigenvalue weighted by atomic mass is 10.1. The summed E-state index contributed by atoms with van der Waals surface area (Å²) < 4.78 is 7.50. The number of benzene rings is 2. The van der Waals surface area contributed by atoms with Crippen LogP contribution in [0.3, 0.4) is 0 Å². The maximum atomic E-state index is 12.8. The number of aromatic nitrogens is 2. The number of rotatable bonds is 7. The third-order valence-corrected chi connectivity index (χ3v) is 5.05. The van der Waals surface area contributed by atoms with Crippen molar-refractivity contribution in [3.8, 4) is 5.75 Å². The summed E-state index contributed by atoms with van der Waals surface area (Å²) in [7, 11) is 0. The second-order valence-corrected chi connectivity index (χ2v) is 7.49. The molecule has 0 radical (unpaired) electrons. The van der Waals surface area contributed by atoms with Crippen molar-refractivity contribution >= 4 is 28.4 Å². The monoisotopic (exact) mass is 382 g/mol. The van der Waals surface area contributed by atoms with E-state index in [1.165, 1.54) is 18.7 Å². The second-order valence-electron chi connectivity index (χ2n) is 6.43. The molecule has 0 N–H and O–H groups in total. The van der Waals surface area contributed by atoms with Crippen LogP contribution in [0.4, 0.5) is 0 Å². The quantitative estimate of drug-likeness (QED) is 0.263. The molecule has 0 atom stereocenters. The number of carbonyl (C=O) groups is 1. The summed E-state index contributed by atoms with van der Waals surface area (Å²) in [5.41, 5.74) is 1.25. The summed E-state index contributed by atoms with van der Waals surface area (Å²) >= 11 is 1.48. The van der Waals surface area contributed by atoms with Crippen molar-refractivity contribution in [1.29, 1.82) is 0 Å². The SMILES string of the molecule is CC(=O)c1ccccc1OCCSc1nc2ccccc2c(=O)n1C(C)C. The van der Waals surface area contributed by atoms with E-state index in [2.05, 4.69) is 4.98 Å². The predicted octanol–water partition coefficient (Wildman–Crippen LogP) is 4.35. The van der Waals surface area contributed by atoms with Crippen LogP contribution in [0, 0.1) is 0 Å². The molecule has 0 spiro atoms. The van der Waals surface area contributed by atoms with Crippen LogP contribution in [0.25, 0.3) is 10.9 Å². The summed E-state index contributed by atoms with van der Waals surface area (Å²) in [5.74, 6) is 1.17. The van der Waals surface area contributed by atoms with Crippen molar-refractivity contribution in [2.75, 3.05) is 12.4 Å². The van der Waals surface area contributed by atoms with Crippen molar-refractivity contribution < 1.29 is 9.53 Å². The van der Waals surface area contributed by atoms with Gasteiger partial charge in [-0.25, -0.2) is 4.98 Å². The number of carbonyl (C=O) groups excluding carboxylic acids is 1. The van der Waals surface area contributed by atoms with Crippen molar-refractivity contribution in [2.45, 2.75) is 32.0 Å². The smallest absolute Gasteiger partial charge is 0.262 e. The van der Waals surface area contributed by atoms with Gasteiger partial charge in [-0.3, -0.25) is 14.2 Å². The molecular weight excluding hydrogens is 360 g/mol. The number of thioether (sulfide) groups is 1. The Hall–Kier alpha value is -2.60. The predicted molar refractivity (Wildman–Crippen MR) is 109 cm³/mol. The van der Waals surface area contributed by atoms with Crippen molar-refractivity contribution in [2.24, 2.45) is 0 Å². The van der Waals surface area contributed by atoms with E-state index in [9.17, 15) is 9.59 Å². The van der Waals surface area contributed by atoms with E-state index in [1.807, 2.05) is 44.2 Å². The molecule has 6 heteroatoms. The first-order valence-corrected chi connectivity index (χ1v) is 9.84. The number of Topliss-reactive ketones (excluding diaryl/α,β-unsaturated/α-hetero) is 1. The Morgan fingerprint density at radius 2 is 1.85 bits per heavy atom. The highest BCUT2D eigenvalue weighted by Crippen LogP contribution is 2.22. The number of para-hydroxylation sites is 2. The highest BCUT2D eigenvalue weighted by atomic mass is 32.2. The summed E-state index contributed by atoms with van der Waals surface area (Å²) in [4.78, 5) is 29.1. The van der Waals surface area contributed by atoms with Crippen LogP contribution in [0.1, 0.15) is 37.2 Å². The number of nitrogens with zero attached hydrogens (tertiary/aromatic N) is 2. The first-order chi connectivity index (χ1) is 13.0. The topological polar surface area (TPSA) is 61.2 Å². The number of hydrogen-bond acceptors (Lipinski definition) is 5. The minimum atomic E-state index is -0.0269. The van der Waals surface area contributed by atoms with Crippen LogP contribution in [-0.4, -0.2) is 27.7 Å². The highest BCUT2D eigenvalue weighted by molar-refractivity contribution is 7.99. The van der Waals surface area contributed by atoms with E-state index in [1.54, 1.807) is 22.8 Å². The van der Waals surface area contributed by atoms with E-state index in [0.717, 1.165) is 0 Å². The Labute approximate surface area is 162 Å². The zero-order valence-corrected chi connectivity index (χ0v) is 16.5. The number of fused-ring (bicyclic) bond motifs is 1. The molecule has 0 saturated carbocycles. The van der Waals surface area contributed by atoms with Crippen molar-refractivity contribution in [3.63, 3.8) is 0 Å². The Balaban J connectivity index is 1.77. The van der Waals surface area contributed by atoms with E-state index in [-0.39, 0.29) is 17.4 Å². The Morgan fingerprint density at radius 1 is 1.15 bits per heavy atom. The zero-order valence-electron chi connectivity index (χ0n) is 15.6. The van der Waals surface area contributed by atoms with Crippen LogP contribution in [0.2, 0.25) is 0 Å². The van der Waals surface area contributed by atoms with E-state index in [0.29, 0.717) is 39.7 Å². The fourth-order valence-electron chi connectivity index (χ4n) is 2.85. The third-order valence-electron chi connectivity index (χ3n) is 4.13. The average Bonchev–Trinajstić information content (AvgIpc) is 2.65. The first kappa shape index (κ1) is 19.2. The molecule has 0 aliphatic carbocycles. The molecule has 0 aliphatic rings. The molecule has 0 unspecified atom stereocenters. The highest BCUT2D eigenvalue weighted by Gasteiger charge is 2.14. The van der Waals surface area contributed by atoms with Crippen molar-refractivity contribution in [3.05, 3.63) is 64.4 Å². The van der Waals surface area contributed by atoms with Gasteiger partial charge in [0, 0.05) is 11.8 Å². The largest absolute Gasteiger partial charge is 0.492 e. The Kier molecular flexibility index (Phi) is 5.96. The van der Waals surface area contributed by atoms with E-state index >= 15 is 0 Å². The number of hydrogen-bond donors (Lipinski definition) is 0. The van der Waals surface area contributed by atoms with Crippen LogP contribution in [0.15, 0.2) is 58.5 Å². The molecular formula is C21H22N2O3S. The molecule has 0 fully saturated rings. The lowest BCUT2D eigenvalue weighted by molar-refractivity contribution is 0.101. The maximum absolute atomic E-state index is 12.8. The molecule has 5 nitrogen and oxygen atoms in total. The summed E-state index contributed by atoms with van der Waals surface area (Å²) in [6.07, 6.45) is 0. The van der Waals surface area contributed by atoms with Gasteiger partial charge in [0.25, 0.3) is 5.56 Å². The van der Waals surface area contributed by atoms with Gasteiger partial charge in [0.15, 0.2) is 10.9 Å². The van der Waals surface area contributed by atoms with Gasteiger partial charge in [-0.1, -0.05) is 36.0 Å². The summed E-state index contributed by atoms with van der Waals surface area (Å²) in [5, 5.41) is 1.30. The standard InChI is InChI=1S/C21H22N2O3S/c1-14(2)23-20(25)17-9-4-6-10-18(17)22-21(23)27-13-12-26-19-11-7-5-8-16(19)15(3)24/h4-11,14H,12-13H2,1-3H3. The fourth-order valence-corrected chi connectivity index (χ4v) is 3.80. The number of ketones is 1. The number of ether oxygens (including phenoxy) is 1. The molecule has 0 amide bonds. The van der Waals surface area contributed by atoms with Crippen LogP contribution >= 0.6 is 11.8 Å². The molecule has 140 valence electrons. The molecule has 0 aliphatic heterocycles. The summed E-state index contributed by atoms with van der Waals surface area (Å²) in [6, 6.07) is 14.6. The average molecular weight is 382 g/mol. The van der Waals surface area contributed by atoms with Gasteiger partial charge < -0.3 is 4.74 Å². The van der Waals surface area contributed by atoms with Gasteiger partial charge >= 0.3 is 0 Å². The third kappa shape index (κ3) is 4.22. The van der Waals surface area contributed by atoms with E-state index in [4.69, 9.17) is 4.74 Å². The molecule has 27 heavy (non-hydrogen) atoms. The van der Waals surface area contributed by atoms with Crippen LogP contribution in [0.5, 0.6) is 5.75 Å². The van der Waals surface area contributed by atoms with Crippen LogP contribution in [-0.2, 0) is 0 Å². The van der Waals surface area contributed by atoms with Gasteiger partial charge in [-0.15, -0.1) is 0 Å². The molecule has 1 heterocycles. The summed E-state index contributed by atoms with van der Waals surface area (Å²) in [6.45, 7) is 5.88. The molecule has 2 aromatic carbocycles. The molecule has 3 rings (SSSR count). The molecule has 0 bridgehead atoms. The van der Waals surface area contributed by atoms with Crippen LogP contribution < -0.4 is 10.3 Å². The van der Waals surface area contributed by atoms with Gasteiger partial charge in [0.2, 0.25) is 0 Å². The van der Waals surface area contributed by atoms with Gasteiger partial charge in [-0.2, -0.15) is 0 Å². The normalized spacial score (nSPS) is 11.1. The lowest BCUT2D eigenvalue weighted by Gasteiger charge is -2.16. The zero-order chi connectivity index (χ0) is 19.4. The molecule has 1 aromatic heterocycles. The van der Waals surface area contributed by atoms with Crippen molar-refractivity contribution in [1.82, 2.24) is 9.55 Å². The maximum Gasteiger partial charge on any atom is 0.262 e. The van der Waals surface area contributed by atoms with Gasteiger partial charge in [-0.05, 0) is 45.0 Å². The van der Waals surface area contributed by atoms with E-state index < -0.39 is 0 Å². The lowest BCUT2D eigenvalue weighted by Crippen LogP contribution is -2.25. The second kappa shape index (κ2) is 8.39.